The summed E-state index contributed by atoms with van der Waals surface area (Å²) >= 11 is 0. The molecule has 2 N–H and O–H groups in total. The van der Waals surface area contributed by atoms with Gasteiger partial charge in [0.25, 0.3) is 11.8 Å². The fraction of sp³-hybridized carbons (Fsp3) is 0.300. The predicted octanol–water partition coefficient (Wildman–Crippen LogP) is 3.20. The van der Waals surface area contributed by atoms with E-state index in [0.717, 1.165) is 5.56 Å². The summed E-state index contributed by atoms with van der Waals surface area (Å²) in [6, 6.07) is 10.9. The normalized spacial score (nSPS) is 10.9. The third-order valence-electron chi connectivity index (χ3n) is 4.02. The van der Waals surface area contributed by atoms with Crippen LogP contribution in [0.1, 0.15) is 41.7 Å². The average molecular weight is 381 g/mol. The molecule has 2 aromatic heterocycles. The van der Waals surface area contributed by atoms with Gasteiger partial charge in [0.1, 0.15) is 0 Å². The molecule has 1 aromatic carbocycles. The van der Waals surface area contributed by atoms with Crippen molar-refractivity contribution in [3.8, 4) is 11.3 Å². The monoisotopic (exact) mass is 381 g/mol. The zero-order valence-corrected chi connectivity index (χ0v) is 16.1. The maximum atomic E-state index is 12.6. The Balaban J connectivity index is 1.77. The SMILES string of the molecule is CCn1cc(NC(=O)c2cc(-c3ccccc3)on2)c(C(=O)NCC(C)C)n1. The number of nitrogens with zero attached hydrogens (tertiary/aromatic N) is 3. The number of carbonyl (C=O) groups is 2. The number of nitrogens with one attached hydrogen (secondary N) is 2. The molecule has 2 amide bonds. The highest BCUT2D eigenvalue weighted by Crippen LogP contribution is 2.21. The highest BCUT2D eigenvalue weighted by atomic mass is 16.5. The Hall–Kier alpha value is -3.42. The molecule has 0 aliphatic rings. The first-order valence-corrected chi connectivity index (χ1v) is 9.17. The van der Waals surface area contributed by atoms with Crippen LogP contribution in [0.5, 0.6) is 0 Å². The van der Waals surface area contributed by atoms with E-state index in [0.29, 0.717) is 30.5 Å². The lowest BCUT2D eigenvalue weighted by Crippen LogP contribution is -2.28. The van der Waals surface area contributed by atoms with Crippen LogP contribution in [0.3, 0.4) is 0 Å². The Morgan fingerprint density at radius 2 is 1.93 bits per heavy atom. The summed E-state index contributed by atoms with van der Waals surface area (Å²) in [6.07, 6.45) is 1.63. The van der Waals surface area contributed by atoms with Gasteiger partial charge in [0.15, 0.2) is 17.1 Å². The Morgan fingerprint density at radius 3 is 2.61 bits per heavy atom. The van der Waals surface area contributed by atoms with E-state index in [4.69, 9.17) is 4.52 Å². The van der Waals surface area contributed by atoms with Crippen molar-refractivity contribution in [2.75, 3.05) is 11.9 Å². The van der Waals surface area contributed by atoms with Crippen molar-refractivity contribution in [1.29, 1.82) is 0 Å². The van der Waals surface area contributed by atoms with Gasteiger partial charge in [-0.05, 0) is 12.8 Å². The van der Waals surface area contributed by atoms with Gasteiger partial charge in [-0.3, -0.25) is 14.3 Å². The molecular weight excluding hydrogens is 358 g/mol. The number of hydrogen-bond acceptors (Lipinski definition) is 5. The Labute approximate surface area is 162 Å². The van der Waals surface area contributed by atoms with E-state index in [-0.39, 0.29) is 17.3 Å². The summed E-state index contributed by atoms with van der Waals surface area (Å²) in [7, 11) is 0. The van der Waals surface area contributed by atoms with Crippen LogP contribution < -0.4 is 10.6 Å². The lowest BCUT2D eigenvalue weighted by atomic mass is 10.1. The largest absolute Gasteiger partial charge is 0.355 e. The van der Waals surface area contributed by atoms with Gasteiger partial charge >= 0.3 is 0 Å². The number of aromatic nitrogens is 3. The van der Waals surface area contributed by atoms with Gasteiger partial charge in [0, 0.05) is 30.9 Å². The van der Waals surface area contributed by atoms with E-state index in [2.05, 4.69) is 20.9 Å². The molecule has 8 nitrogen and oxygen atoms in total. The van der Waals surface area contributed by atoms with Crippen LogP contribution in [0.4, 0.5) is 5.69 Å². The van der Waals surface area contributed by atoms with Gasteiger partial charge in [-0.1, -0.05) is 49.3 Å². The van der Waals surface area contributed by atoms with Crippen LogP contribution in [0.2, 0.25) is 0 Å². The van der Waals surface area contributed by atoms with Crippen LogP contribution in [-0.4, -0.2) is 33.3 Å². The summed E-state index contributed by atoms with van der Waals surface area (Å²) < 4.78 is 6.86. The Kier molecular flexibility index (Phi) is 5.88. The van der Waals surface area contributed by atoms with Gasteiger partial charge in [-0.15, -0.1) is 0 Å². The molecule has 0 unspecified atom stereocenters. The molecule has 3 aromatic rings. The second-order valence-electron chi connectivity index (χ2n) is 6.75. The van der Waals surface area contributed by atoms with Crippen molar-refractivity contribution in [2.45, 2.75) is 27.3 Å². The minimum absolute atomic E-state index is 0.122. The van der Waals surface area contributed by atoms with Crippen LogP contribution in [-0.2, 0) is 6.54 Å². The smallest absolute Gasteiger partial charge is 0.277 e. The van der Waals surface area contributed by atoms with E-state index < -0.39 is 5.91 Å². The third-order valence-corrected chi connectivity index (χ3v) is 4.02. The van der Waals surface area contributed by atoms with Crippen LogP contribution in [0.25, 0.3) is 11.3 Å². The molecule has 0 saturated heterocycles. The summed E-state index contributed by atoms with van der Waals surface area (Å²) in [5.41, 5.74) is 1.44. The summed E-state index contributed by atoms with van der Waals surface area (Å²) in [5.74, 6) is -0.00693. The molecule has 2 heterocycles. The molecule has 0 saturated carbocycles. The van der Waals surface area contributed by atoms with E-state index in [9.17, 15) is 9.59 Å². The first kappa shape index (κ1) is 19.3. The predicted molar refractivity (Wildman–Crippen MR) is 105 cm³/mol. The molecule has 28 heavy (non-hydrogen) atoms. The number of benzene rings is 1. The molecule has 0 atom stereocenters. The second-order valence-corrected chi connectivity index (χ2v) is 6.75. The topological polar surface area (TPSA) is 102 Å². The van der Waals surface area contributed by atoms with Crippen molar-refractivity contribution < 1.29 is 14.1 Å². The number of amides is 2. The quantitative estimate of drug-likeness (QED) is 0.654. The first-order valence-electron chi connectivity index (χ1n) is 9.17. The molecular formula is C20H23N5O3. The second kappa shape index (κ2) is 8.51. The average Bonchev–Trinajstić information content (AvgIpc) is 3.34. The van der Waals surface area contributed by atoms with Crippen molar-refractivity contribution in [3.05, 3.63) is 54.0 Å². The lowest BCUT2D eigenvalue weighted by Gasteiger charge is -2.07. The van der Waals surface area contributed by atoms with Gasteiger partial charge in [0.2, 0.25) is 0 Å². The van der Waals surface area contributed by atoms with E-state index in [1.54, 1.807) is 16.9 Å². The zero-order chi connectivity index (χ0) is 20.1. The van der Waals surface area contributed by atoms with Crippen molar-refractivity contribution in [3.63, 3.8) is 0 Å². The summed E-state index contributed by atoms with van der Waals surface area (Å²) in [6.45, 7) is 7.00. The zero-order valence-electron chi connectivity index (χ0n) is 16.1. The fourth-order valence-corrected chi connectivity index (χ4v) is 2.53. The lowest BCUT2D eigenvalue weighted by molar-refractivity contribution is 0.0944. The maximum Gasteiger partial charge on any atom is 0.277 e. The van der Waals surface area contributed by atoms with E-state index >= 15 is 0 Å². The van der Waals surface area contributed by atoms with Gasteiger partial charge < -0.3 is 15.2 Å². The fourth-order valence-electron chi connectivity index (χ4n) is 2.53. The molecule has 3 rings (SSSR count). The minimum Gasteiger partial charge on any atom is -0.355 e. The van der Waals surface area contributed by atoms with Crippen LogP contribution in [0, 0.1) is 5.92 Å². The molecule has 0 bridgehead atoms. The number of hydrogen-bond donors (Lipinski definition) is 2. The Morgan fingerprint density at radius 1 is 1.18 bits per heavy atom. The molecule has 0 radical (unpaired) electrons. The molecule has 0 spiro atoms. The molecule has 8 heteroatoms. The highest BCUT2D eigenvalue weighted by Gasteiger charge is 2.21. The Bertz CT molecular complexity index is 959. The van der Waals surface area contributed by atoms with Crippen molar-refractivity contribution in [1.82, 2.24) is 20.3 Å². The number of carbonyl (C=O) groups excluding carboxylic acids is 2. The first-order chi connectivity index (χ1) is 13.5. The maximum absolute atomic E-state index is 12.6. The number of anilines is 1. The van der Waals surface area contributed by atoms with Gasteiger partial charge in [0.05, 0.1) is 5.69 Å². The molecule has 146 valence electrons. The summed E-state index contributed by atoms with van der Waals surface area (Å²) in [4.78, 5) is 25.0. The van der Waals surface area contributed by atoms with E-state index in [1.165, 1.54) is 0 Å². The number of aryl methyl sites for hydroxylation is 1. The van der Waals surface area contributed by atoms with Gasteiger partial charge in [-0.2, -0.15) is 5.10 Å². The molecule has 0 aliphatic carbocycles. The third kappa shape index (κ3) is 4.46. The number of rotatable bonds is 7. The van der Waals surface area contributed by atoms with Gasteiger partial charge in [-0.25, -0.2) is 0 Å². The van der Waals surface area contributed by atoms with Crippen molar-refractivity contribution in [2.24, 2.45) is 5.92 Å². The van der Waals surface area contributed by atoms with Crippen LogP contribution >= 0.6 is 0 Å². The molecule has 0 fully saturated rings. The van der Waals surface area contributed by atoms with Crippen LogP contribution in [0.15, 0.2) is 47.1 Å². The standard InChI is InChI=1S/C20H23N5O3/c1-4-25-12-16(18(23-25)20(27)21-11-13(2)3)22-19(26)15-10-17(28-24-15)14-8-6-5-7-9-14/h5-10,12-13H,4,11H2,1-3H3,(H,21,27)(H,22,26). The minimum atomic E-state index is -0.473. The highest BCUT2D eigenvalue weighted by molar-refractivity contribution is 6.07. The molecule has 0 aliphatic heterocycles. The summed E-state index contributed by atoms with van der Waals surface area (Å²) in [5, 5.41) is 13.6. The van der Waals surface area contributed by atoms with E-state index in [1.807, 2.05) is 51.1 Å². The van der Waals surface area contributed by atoms with Crippen molar-refractivity contribution >= 4 is 17.5 Å².